The second kappa shape index (κ2) is 6.76. The Bertz CT molecular complexity index is 970. The van der Waals surface area contributed by atoms with Gasteiger partial charge in [0.2, 0.25) is 0 Å². The van der Waals surface area contributed by atoms with Crippen LogP contribution in [0, 0.1) is 0 Å². The highest BCUT2D eigenvalue weighted by molar-refractivity contribution is 5.77. The first kappa shape index (κ1) is 15.4. The number of hydrogen-bond donors (Lipinski definition) is 1. The number of nitrogens with one attached hydrogen (secondary N) is 1. The van der Waals surface area contributed by atoms with E-state index in [4.69, 9.17) is 0 Å². The molecule has 0 atom stereocenters. The molecule has 0 aliphatic carbocycles. The lowest BCUT2D eigenvalue weighted by Crippen LogP contribution is -2.06. The second-order valence-corrected chi connectivity index (χ2v) is 5.96. The van der Waals surface area contributed by atoms with Gasteiger partial charge < -0.3 is 5.32 Å². The Kier molecular flexibility index (Phi) is 4.16. The van der Waals surface area contributed by atoms with Crippen LogP contribution in [0.5, 0.6) is 0 Å². The maximum atomic E-state index is 4.50. The minimum Gasteiger partial charge on any atom is -0.370 e. The van der Waals surface area contributed by atoms with E-state index >= 15 is 0 Å². The van der Waals surface area contributed by atoms with Gasteiger partial charge in [0, 0.05) is 30.1 Å². The van der Waals surface area contributed by atoms with Gasteiger partial charge >= 0.3 is 0 Å². The first-order chi connectivity index (χ1) is 12.3. The van der Waals surface area contributed by atoms with Crippen molar-refractivity contribution in [3.8, 4) is 11.1 Å². The van der Waals surface area contributed by atoms with E-state index in [-0.39, 0.29) is 0 Å². The molecule has 6 nitrogen and oxygen atoms in total. The monoisotopic (exact) mass is 332 g/mol. The number of rotatable bonds is 6. The summed E-state index contributed by atoms with van der Waals surface area (Å²) in [5.74, 6) is 0.953. The van der Waals surface area contributed by atoms with Crippen LogP contribution in [-0.4, -0.2) is 30.9 Å². The number of anilines is 1. The molecule has 0 aliphatic heterocycles. The molecule has 4 rings (SSSR count). The molecule has 0 amide bonds. The van der Waals surface area contributed by atoms with Crippen molar-refractivity contribution in [3.05, 3.63) is 66.7 Å². The zero-order chi connectivity index (χ0) is 17.1. The summed E-state index contributed by atoms with van der Waals surface area (Å²) >= 11 is 0. The molecule has 25 heavy (non-hydrogen) atoms. The zero-order valence-electron chi connectivity index (χ0n) is 14.1. The molecule has 0 radical (unpaired) electrons. The quantitative estimate of drug-likeness (QED) is 0.587. The van der Waals surface area contributed by atoms with Crippen LogP contribution in [0.2, 0.25) is 0 Å². The van der Waals surface area contributed by atoms with Gasteiger partial charge in [-0.2, -0.15) is 14.7 Å². The van der Waals surface area contributed by atoms with Crippen molar-refractivity contribution < 1.29 is 0 Å². The SMILES string of the molecule is CCCNc1ccnc2c(-c3cnn(Cc4ccccc4)c3)cnn12. The van der Waals surface area contributed by atoms with Gasteiger partial charge in [-0.3, -0.25) is 4.68 Å². The summed E-state index contributed by atoms with van der Waals surface area (Å²) in [6.07, 6.45) is 8.63. The molecule has 0 fully saturated rings. The lowest BCUT2D eigenvalue weighted by atomic mass is 10.2. The average Bonchev–Trinajstić information content (AvgIpc) is 3.27. The fourth-order valence-electron chi connectivity index (χ4n) is 2.84. The van der Waals surface area contributed by atoms with E-state index in [0.717, 1.165) is 42.1 Å². The van der Waals surface area contributed by atoms with Crippen LogP contribution in [0.1, 0.15) is 18.9 Å². The standard InChI is InChI=1S/C19H20N6/c1-2-9-20-18-8-10-21-19-17(12-23-25(18)19)16-11-22-24(14-16)13-15-6-4-3-5-7-15/h3-8,10-12,14,20H,2,9,13H2,1H3. The number of fused-ring (bicyclic) bond motifs is 1. The largest absolute Gasteiger partial charge is 0.370 e. The average molecular weight is 332 g/mol. The zero-order valence-corrected chi connectivity index (χ0v) is 14.1. The minimum atomic E-state index is 0.747. The molecule has 4 aromatic rings. The van der Waals surface area contributed by atoms with Crippen LogP contribution < -0.4 is 5.32 Å². The van der Waals surface area contributed by atoms with Gasteiger partial charge in [-0.05, 0) is 18.1 Å². The topological polar surface area (TPSA) is 60.0 Å². The third-order valence-electron chi connectivity index (χ3n) is 4.09. The Balaban J connectivity index is 1.64. The first-order valence-electron chi connectivity index (χ1n) is 8.48. The third kappa shape index (κ3) is 3.10. The van der Waals surface area contributed by atoms with Crippen LogP contribution in [0.15, 0.2) is 61.2 Å². The molecule has 0 unspecified atom stereocenters. The third-order valence-corrected chi connectivity index (χ3v) is 4.09. The van der Waals surface area contributed by atoms with E-state index in [1.807, 2.05) is 58.3 Å². The minimum absolute atomic E-state index is 0.747. The number of benzene rings is 1. The fraction of sp³-hybridized carbons (Fsp3) is 0.211. The summed E-state index contributed by atoms with van der Waals surface area (Å²) < 4.78 is 3.78. The molecule has 0 spiro atoms. The first-order valence-corrected chi connectivity index (χ1v) is 8.48. The van der Waals surface area contributed by atoms with E-state index in [9.17, 15) is 0 Å². The molecular weight excluding hydrogens is 312 g/mol. The van der Waals surface area contributed by atoms with Crippen molar-refractivity contribution in [2.24, 2.45) is 0 Å². The molecule has 0 aliphatic rings. The maximum Gasteiger partial charge on any atom is 0.165 e. The molecule has 126 valence electrons. The molecular formula is C19H20N6. The summed E-state index contributed by atoms with van der Waals surface area (Å²) in [5, 5.41) is 12.4. The van der Waals surface area contributed by atoms with E-state index in [1.54, 1.807) is 0 Å². The highest BCUT2D eigenvalue weighted by Gasteiger charge is 2.12. The molecule has 1 aromatic carbocycles. The van der Waals surface area contributed by atoms with Crippen LogP contribution in [-0.2, 0) is 6.54 Å². The number of hydrogen-bond acceptors (Lipinski definition) is 4. The summed E-state index contributed by atoms with van der Waals surface area (Å²) in [6, 6.07) is 12.2. The van der Waals surface area contributed by atoms with Crippen LogP contribution in [0.25, 0.3) is 16.8 Å². The summed E-state index contributed by atoms with van der Waals surface area (Å²) in [7, 11) is 0. The highest BCUT2D eigenvalue weighted by Crippen LogP contribution is 2.24. The van der Waals surface area contributed by atoms with Gasteiger partial charge in [0.05, 0.1) is 18.9 Å². The summed E-state index contributed by atoms with van der Waals surface area (Å²) in [5.41, 5.74) is 4.06. The van der Waals surface area contributed by atoms with Gasteiger partial charge in [-0.15, -0.1) is 0 Å². The number of aromatic nitrogens is 5. The van der Waals surface area contributed by atoms with Crippen molar-refractivity contribution >= 4 is 11.5 Å². The van der Waals surface area contributed by atoms with Crippen molar-refractivity contribution in [1.82, 2.24) is 24.4 Å². The lowest BCUT2D eigenvalue weighted by Gasteiger charge is -2.06. The molecule has 0 saturated heterocycles. The molecule has 1 N–H and O–H groups in total. The van der Waals surface area contributed by atoms with Gasteiger partial charge in [0.25, 0.3) is 0 Å². The lowest BCUT2D eigenvalue weighted by molar-refractivity contribution is 0.687. The van der Waals surface area contributed by atoms with E-state index < -0.39 is 0 Å². The van der Waals surface area contributed by atoms with E-state index in [0.29, 0.717) is 0 Å². The molecule has 3 aromatic heterocycles. The van der Waals surface area contributed by atoms with E-state index in [1.165, 1.54) is 5.56 Å². The maximum absolute atomic E-state index is 4.50. The molecule has 0 bridgehead atoms. The molecule has 6 heteroatoms. The number of nitrogens with zero attached hydrogens (tertiary/aromatic N) is 5. The van der Waals surface area contributed by atoms with Crippen molar-refractivity contribution in [2.75, 3.05) is 11.9 Å². The fourth-order valence-corrected chi connectivity index (χ4v) is 2.84. The predicted molar refractivity (Wildman–Crippen MR) is 98.5 cm³/mol. The van der Waals surface area contributed by atoms with Gasteiger partial charge in [-0.1, -0.05) is 37.3 Å². The van der Waals surface area contributed by atoms with Crippen molar-refractivity contribution in [1.29, 1.82) is 0 Å². The van der Waals surface area contributed by atoms with Crippen LogP contribution >= 0.6 is 0 Å². The van der Waals surface area contributed by atoms with Crippen molar-refractivity contribution in [2.45, 2.75) is 19.9 Å². The highest BCUT2D eigenvalue weighted by atomic mass is 15.3. The predicted octanol–water partition coefficient (Wildman–Crippen LogP) is 3.46. The van der Waals surface area contributed by atoms with Crippen LogP contribution in [0.4, 0.5) is 5.82 Å². The molecule has 3 heterocycles. The summed E-state index contributed by atoms with van der Waals surface area (Å²) in [4.78, 5) is 4.50. The van der Waals surface area contributed by atoms with Gasteiger partial charge in [-0.25, -0.2) is 4.98 Å². The second-order valence-electron chi connectivity index (χ2n) is 5.96. The normalized spacial score (nSPS) is 11.1. The Morgan fingerprint density at radius 1 is 1.04 bits per heavy atom. The van der Waals surface area contributed by atoms with Crippen molar-refractivity contribution in [3.63, 3.8) is 0 Å². The van der Waals surface area contributed by atoms with Gasteiger partial charge in [0.1, 0.15) is 5.82 Å². The Hall–Kier alpha value is -3.15. The molecule has 0 saturated carbocycles. The Labute approximate surface area is 146 Å². The smallest absolute Gasteiger partial charge is 0.165 e. The van der Waals surface area contributed by atoms with Crippen LogP contribution in [0.3, 0.4) is 0 Å². The Morgan fingerprint density at radius 2 is 1.92 bits per heavy atom. The summed E-state index contributed by atoms with van der Waals surface area (Å²) in [6.45, 7) is 3.79. The van der Waals surface area contributed by atoms with E-state index in [2.05, 4.69) is 39.6 Å². The Morgan fingerprint density at radius 3 is 2.76 bits per heavy atom. The van der Waals surface area contributed by atoms with Gasteiger partial charge in [0.15, 0.2) is 5.65 Å².